The lowest BCUT2D eigenvalue weighted by Crippen LogP contribution is -2.55. The van der Waals surface area contributed by atoms with Gasteiger partial charge in [-0.15, -0.1) is 0 Å². The summed E-state index contributed by atoms with van der Waals surface area (Å²) in [5, 5.41) is 41.8. The van der Waals surface area contributed by atoms with Crippen molar-refractivity contribution in [2.75, 3.05) is 13.7 Å². The maximum absolute atomic E-state index is 12.9. The Morgan fingerprint density at radius 1 is 1.07 bits per heavy atom. The third-order valence-corrected chi connectivity index (χ3v) is 5.49. The van der Waals surface area contributed by atoms with Crippen LogP contribution in [0.4, 0.5) is 0 Å². The molecule has 0 radical (unpaired) electrons. The predicted octanol–water partition coefficient (Wildman–Crippen LogP) is 0.778. The van der Waals surface area contributed by atoms with E-state index >= 15 is 0 Å². The van der Waals surface area contributed by atoms with E-state index in [0.29, 0.717) is 22.1 Å². The number of hydrogen-bond acceptors (Lipinski definition) is 8. The number of methoxy groups -OCH3 is 1. The van der Waals surface area contributed by atoms with Gasteiger partial charge in [-0.1, -0.05) is 12.1 Å². The Kier molecular flexibility index (Phi) is 5.05. The van der Waals surface area contributed by atoms with E-state index in [4.69, 9.17) is 13.9 Å². The summed E-state index contributed by atoms with van der Waals surface area (Å²) >= 11 is 0. The highest BCUT2D eigenvalue weighted by Gasteiger charge is 2.45. The predicted molar refractivity (Wildman–Crippen MR) is 104 cm³/mol. The van der Waals surface area contributed by atoms with E-state index in [0.717, 1.165) is 5.56 Å². The Bertz CT molecular complexity index is 1120. The first-order valence-corrected chi connectivity index (χ1v) is 9.22. The molecular weight excluding hydrogens is 380 g/mol. The highest BCUT2D eigenvalue weighted by molar-refractivity contribution is 6.07. The van der Waals surface area contributed by atoms with Gasteiger partial charge < -0.3 is 34.3 Å². The fraction of sp³-hybridized carbons (Fsp3) is 0.381. The smallest absolute Gasteiger partial charge is 0.344 e. The molecule has 8 heteroatoms. The van der Waals surface area contributed by atoms with Gasteiger partial charge in [-0.05, 0) is 30.7 Å². The van der Waals surface area contributed by atoms with Crippen LogP contribution in [-0.4, -0.2) is 58.6 Å². The Morgan fingerprint density at radius 2 is 1.83 bits per heavy atom. The molecule has 8 nitrogen and oxygen atoms in total. The second-order valence-corrected chi connectivity index (χ2v) is 7.23. The second kappa shape index (κ2) is 7.40. The number of rotatable bonds is 3. The van der Waals surface area contributed by atoms with E-state index in [1.54, 1.807) is 18.2 Å². The Hall–Kier alpha value is -2.49. The summed E-state index contributed by atoms with van der Waals surface area (Å²) in [5.41, 5.74) is 0.905. The van der Waals surface area contributed by atoms with Crippen molar-refractivity contribution in [2.24, 2.45) is 0 Å². The number of ether oxygens (including phenoxy) is 2. The van der Waals surface area contributed by atoms with Crippen molar-refractivity contribution in [2.45, 2.75) is 37.4 Å². The Balaban J connectivity index is 2.04. The van der Waals surface area contributed by atoms with Crippen LogP contribution in [0, 0.1) is 6.92 Å². The number of aliphatic hydroxyl groups excluding tert-OH is 4. The van der Waals surface area contributed by atoms with Crippen molar-refractivity contribution >= 4 is 21.7 Å². The molecule has 0 saturated carbocycles. The van der Waals surface area contributed by atoms with Gasteiger partial charge in [0, 0.05) is 16.3 Å². The van der Waals surface area contributed by atoms with Gasteiger partial charge in [-0.25, -0.2) is 4.79 Å². The lowest BCUT2D eigenvalue weighted by molar-refractivity contribution is -0.231. The van der Waals surface area contributed by atoms with Crippen LogP contribution < -0.4 is 10.4 Å². The van der Waals surface area contributed by atoms with Gasteiger partial charge in [0.25, 0.3) is 0 Å². The molecular formula is C21H22O8. The molecule has 29 heavy (non-hydrogen) atoms. The minimum atomic E-state index is -1.57. The van der Waals surface area contributed by atoms with Crippen LogP contribution in [0.25, 0.3) is 21.7 Å². The van der Waals surface area contributed by atoms with Crippen LogP contribution in [0.15, 0.2) is 39.5 Å². The minimum Gasteiger partial charge on any atom is -0.497 e. The van der Waals surface area contributed by atoms with Crippen molar-refractivity contribution < 1.29 is 34.3 Å². The highest BCUT2D eigenvalue weighted by Crippen LogP contribution is 2.39. The van der Waals surface area contributed by atoms with Crippen molar-refractivity contribution in [1.82, 2.24) is 0 Å². The third-order valence-electron chi connectivity index (χ3n) is 5.49. The zero-order valence-corrected chi connectivity index (χ0v) is 15.9. The highest BCUT2D eigenvalue weighted by atomic mass is 16.5. The van der Waals surface area contributed by atoms with Gasteiger partial charge >= 0.3 is 5.63 Å². The SMILES string of the molecule is COc1cc([C@@H]2O[C@H](CO)[C@@H](O)[C@H](O)[C@H]2O)c2c(=O)oc3cccc(C)c3c2c1. The monoisotopic (exact) mass is 402 g/mol. The van der Waals surface area contributed by atoms with Gasteiger partial charge in [-0.3, -0.25) is 0 Å². The molecule has 2 aromatic carbocycles. The summed E-state index contributed by atoms with van der Waals surface area (Å²) in [6.07, 6.45) is -6.89. The molecule has 5 atom stereocenters. The number of hydrogen-bond donors (Lipinski definition) is 4. The molecule has 4 rings (SSSR count). The molecule has 0 amide bonds. The second-order valence-electron chi connectivity index (χ2n) is 7.23. The fourth-order valence-corrected chi connectivity index (χ4v) is 3.98. The summed E-state index contributed by atoms with van der Waals surface area (Å²) in [7, 11) is 1.47. The van der Waals surface area contributed by atoms with E-state index in [2.05, 4.69) is 0 Å². The van der Waals surface area contributed by atoms with Gasteiger partial charge in [0.2, 0.25) is 0 Å². The lowest BCUT2D eigenvalue weighted by atomic mass is 9.88. The molecule has 0 aliphatic carbocycles. The van der Waals surface area contributed by atoms with E-state index in [9.17, 15) is 25.2 Å². The molecule has 0 bridgehead atoms. The standard InChI is InChI=1S/C21H22O8/c1-9-4-3-5-13-15(9)11-6-10(27-2)7-12(16(11)21(26)29-13)20-19(25)18(24)17(23)14(8-22)28-20/h3-7,14,17-20,22-25H,8H2,1-2H3/t14-,17-,18+,19-,20+/m1/s1. The van der Waals surface area contributed by atoms with Crippen LogP contribution >= 0.6 is 0 Å². The maximum atomic E-state index is 12.9. The number of aliphatic hydroxyl groups is 4. The van der Waals surface area contributed by atoms with E-state index < -0.39 is 42.8 Å². The van der Waals surface area contributed by atoms with Gasteiger partial charge in [0.1, 0.15) is 41.9 Å². The minimum absolute atomic E-state index is 0.178. The molecule has 1 aliphatic rings. The first-order valence-electron chi connectivity index (χ1n) is 9.22. The summed E-state index contributed by atoms with van der Waals surface area (Å²) in [6.45, 7) is 1.31. The van der Waals surface area contributed by atoms with Crippen LogP contribution in [0.2, 0.25) is 0 Å². The number of benzene rings is 2. The summed E-state index contributed by atoms with van der Waals surface area (Å²) in [6, 6.07) is 8.58. The molecule has 0 unspecified atom stereocenters. The summed E-state index contributed by atoms with van der Waals surface area (Å²) in [5.74, 6) is 0.416. The molecule has 1 fully saturated rings. The maximum Gasteiger partial charge on any atom is 0.344 e. The summed E-state index contributed by atoms with van der Waals surface area (Å²) in [4.78, 5) is 12.9. The van der Waals surface area contributed by atoms with Gasteiger partial charge in [0.15, 0.2) is 0 Å². The average Bonchev–Trinajstić information content (AvgIpc) is 2.71. The molecule has 3 aromatic rings. The van der Waals surface area contributed by atoms with Gasteiger partial charge in [0.05, 0.1) is 19.1 Å². The van der Waals surface area contributed by atoms with E-state index in [1.165, 1.54) is 13.2 Å². The zero-order chi connectivity index (χ0) is 20.9. The van der Waals surface area contributed by atoms with E-state index in [-0.39, 0.29) is 10.9 Å². The van der Waals surface area contributed by atoms with Crippen molar-refractivity contribution in [3.8, 4) is 5.75 Å². The quantitative estimate of drug-likeness (QED) is 0.374. The molecule has 2 heterocycles. The van der Waals surface area contributed by atoms with Crippen molar-refractivity contribution in [1.29, 1.82) is 0 Å². The van der Waals surface area contributed by atoms with E-state index in [1.807, 2.05) is 13.0 Å². The van der Waals surface area contributed by atoms with Crippen LogP contribution in [-0.2, 0) is 4.74 Å². The zero-order valence-electron chi connectivity index (χ0n) is 15.9. The van der Waals surface area contributed by atoms with Crippen LogP contribution in [0.1, 0.15) is 17.2 Å². The first kappa shape index (κ1) is 19.8. The molecule has 1 saturated heterocycles. The molecule has 0 spiro atoms. The van der Waals surface area contributed by atoms with Crippen LogP contribution in [0.5, 0.6) is 5.75 Å². The largest absolute Gasteiger partial charge is 0.497 e. The molecule has 1 aromatic heterocycles. The first-order chi connectivity index (χ1) is 13.9. The Labute approximate surface area is 165 Å². The third kappa shape index (κ3) is 3.09. The molecule has 1 aliphatic heterocycles. The molecule has 154 valence electrons. The van der Waals surface area contributed by atoms with Crippen LogP contribution in [0.3, 0.4) is 0 Å². The fourth-order valence-electron chi connectivity index (χ4n) is 3.98. The molecule has 4 N–H and O–H groups in total. The summed E-state index contributed by atoms with van der Waals surface area (Å²) < 4.78 is 16.6. The van der Waals surface area contributed by atoms with Gasteiger partial charge in [-0.2, -0.15) is 0 Å². The number of aryl methyl sites for hydroxylation is 1. The van der Waals surface area contributed by atoms with Crippen molar-refractivity contribution in [3.63, 3.8) is 0 Å². The van der Waals surface area contributed by atoms with Crippen molar-refractivity contribution in [3.05, 3.63) is 51.9 Å². The normalized spacial score (nSPS) is 27.4. The average molecular weight is 402 g/mol. The Morgan fingerprint density at radius 3 is 2.52 bits per heavy atom. The topological polar surface area (TPSA) is 130 Å². The number of fused-ring (bicyclic) bond motifs is 3. The lowest BCUT2D eigenvalue weighted by Gasteiger charge is -2.40.